The van der Waals surface area contributed by atoms with Gasteiger partial charge in [0.1, 0.15) is 0 Å². The van der Waals surface area contributed by atoms with Crippen molar-refractivity contribution in [1.29, 1.82) is 0 Å². The van der Waals surface area contributed by atoms with E-state index in [1.54, 1.807) is 0 Å². The highest BCUT2D eigenvalue weighted by molar-refractivity contribution is 5.85. The summed E-state index contributed by atoms with van der Waals surface area (Å²) in [4.78, 5) is 0. The maximum absolute atomic E-state index is 3.42. The van der Waals surface area contributed by atoms with Crippen LogP contribution in [0, 0.1) is 12.8 Å². The Kier molecular flexibility index (Phi) is 6.60. The van der Waals surface area contributed by atoms with Crippen LogP contribution in [0.4, 0.5) is 0 Å². The van der Waals surface area contributed by atoms with E-state index in [1.807, 2.05) is 0 Å². The molecule has 0 aliphatic heterocycles. The molecule has 0 heterocycles. The van der Waals surface area contributed by atoms with Crippen molar-refractivity contribution < 1.29 is 0 Å². The smallest absolute Gasteiger partial charge is 0.0205 e. The first-order valence-electron chi connectivity index (χ1n) is 4.94. The zero-order valence-corrected chi connectivity index (χ0v) is 10.0. The summed E-state index contributed by atoms with van der Waals surface area (Å²) < 4.78 is 0. The molecule has 80 valence electrons. The predicted molar refractivity (Wildman–Crippen MR) is 65.0 cm³/mol. The Balaban J connectivity index is 0.00000169. The third-order valence-corrected chi connectivity index (χ3v) is 2.00. The van der Waals surface area contributed by atoms with Gasteiger partial charge in [-0.3, -0.25) is 0 Å². The number of nitrogens with one attached hydrogen (secondary N) is 1. The van der Waals surface area contributed by atoms with Gasteiger partial charge in [-0.05, 0) is 24.9 Å². The molecule has 1 N–H and O–H groups in total. The minimum Gasteiger partial charge on any atom is -0.312 e. The Morgan fingerprint density at radius 3 is 2.21 bits per heavy atom. The van der Waals surface area contributed by atoms with E-state index in [2.05, 4.69) is 50.4 Å². The molecule has 0 amide bonds. The second-order valence-corrected chi connectivity index (χ2v) is 4.01. The van der Waals surface area contributed by atoms with Gasteiger partial charge in [-0.1, -0.05) is 43.7 Å². The number of hydrogen-bond donors (Lipinski definition) is 1. The molecule has 0 fully saturated rings. The molecule has 1 rings (SSSR count). The molecule has 0 saturated heterocycles. The summed E-state index contributed by atoms with van der Waals surface area (Å²) in [6.45, 7) is 8.64. The van der Waals surface area contributed by atoms with Crippen LogP contribution in [0.1, 0.15) is 25.0 Å². The van der Waals surface area contributed by atoms with Crippen LogP contribution in [0.25, 0.3) is 0 Å². The van der Waals surface area contributed by atoms with Crippen molar-refractivity contribution in [3.05, 3.63) is 35.4 Å². The van der Waals surface area contributed by atoms with Crippen molar-refractivity contribution in [2.75, 3.05) is 6.54 Å². The standard InChI is InChI=1S/C12H19N.ClH/c1-10(2)8-13-9-12-6-4-11(3)5-7-12;/h4-7,10,13H,8-9H2,1-3H3;1H. The summed E-state index contributed by atoms with van der Waals surface area (Å²) in [5.41, 5.74) is 2.69. The van der Waals surface area contributed by atoms with Crippen molar-refractivity contribution >= 4 is 12.4 Å². The Morgan fingerprint density at radius 1 is 1.14 bits per heavy atom. The van der Waals surface area contributed by atoms with Gasteiger partial charge in [-0.15, -0.1) is 12.4 Å². The second kappa shape index (κ2) is 6.86. The minimum atomic E-state index is 0. The minimum absolute atomic E-state index is 0. The molecule has 2 heteroatoms. The maximum atomic E-state index is 3.42. The molecule has 0 saturated carbocycles. The third kappa shape index (κ3) is 5.25. The lowest BCUT2D eigenvalue weighted by Gasteiger charge is -2.07. The van der Waals surface area contributed by atoms with Gasteiger partial charge in [0.05, 0.1) is 0 Å². The molecule has 0 aromatic heterocycles. The Labute approximate surface area is 93.3 Å². The highest BCUT2D eigenvalue weighted by atomic mass is 35.5. The molecular weight excluding hydrogens is 194 g/mol. The van der Waals surface area contributed by atoms with Crippen LogP contribution < -0.4 is 5.32 Å². The summed E-state index contributed by atoms with van der Waals surface area (Å²) in [5.74, 6) is 0.727. The SMILES string of the molecule is Cc1ccc(CNCC(C)C)cc1.Cl. The van der Waals surface area contributed by atoms with Crippen LogP contribution in [-0.2, 0) is 6.54 Å². The predicted octanol–water partition coefficient (Wildman–Crippen LogP) is 3.16. The van der Waals surface area contributed by atoms with Crippen molar-refractivity contribution in [3.8, 4) is 0 Å². The van der Waals surface area contributed by atoms with Gasteiger partial charge in [-0.25, -0.2) is 0 Å². The van der Waals surface area contributed by atoms with Gasteiger partial charge in [-0.2, -0.15) is 0 Å². The number of rotatable bonds is 4. The van der Waals surface area contributed by atoms with E-state index in [4.69, 9.17) is 0 Å². The van der Waals surface area contributed by atoms with Gasteiger partial charge in [0.15, 0.2) is 0 Å². The van der Waals surface area contributed by atoms with E-state index in [9.17, 15) is 0 Å². The van der Waals surface area contributed by atoms with E-state index in [0.29, 0.717) is 0 Å². The Hall–Kier alpha value is -0.530. The molecule has 1 aromatic carbocycles. The molecule has 0 unspecified atom stereocenters. The normalized spacial score (nSPS) is 10.0. The van der Waals surface area contributed by atoms with E-state index >= 15 is 0 Å². The number of benzene rings is 1. The molecule has 0 atom stereocenters. The molecule has 1 aromatic rings. The molecule has 0 aliphatic rings. The van der Waals surface area contributed by atoms with Gasteiger partial charge < -0.3 is 5.32 Å². The van der Waals surface area contributed by atoms with E-state index in [0.717, 1.165) is 19.0 Å². The Bertz CT molecular complexity index is 241. The van der Waals surface area contributed by atoms with Crippen LogP contribution in [0.3, 0.4) is 0 Å². The van der Waals surface area contributed by atoms with Crippen LogP contribution in [0.5, 0.6) is 0 Å². The van der Waals surface area contributed by atoms with Gasteiger partial charge in [0.25, 0.3) is 0 Å². The third-order valence-electron chi connectivity index (χ3n) is 2.00. The molecule has 14 heavy (non-hydrogen) atoms. The zero-order valence-electron chi connectivity index (χ0n) is 9.21. The quantitative estimate of drug-likeness (QED) is 0.811. The highest BCUT2D eigenvalue weighted by Crippen LogP contribution is 2.02. The summed E-state index contributed by atoms with van der Waals surface area (Å²) >= 11 is 0. The first-order chi connectivity index (χ1) is 6.18. The maximum Gasteiger partial charge on any atom is 0.0205 e. The molecule has 0 aliphatic carbocycles. The van der Waals surface area contributed by atoms with Crippen LogP contribution in [0.15, 0.2) is 24.3 Å². The van der Waals surface area contributed by atoms with Crippen molar-refractivity contribution in [2.45, 2.75) is 27.3 Å². The Morgan fingerprint density at radius 2 is 1.71 bits per heavy atom. The van der Waals surface area contributed by atoms with Crippen LogP contribution in [-0.4, -0.2) is 6.54 Å². The molecule has 0 bridgehead atoms. The summed E-state index contributed by atoms with van der Waals surface area (Å²) in [6, 6.07) is 8.68. The van der Waals surface area contributed by atoms with Gasteiger partial charge in [0, 0.05) is 6.54 Å². The topological polar surface area (TPSA) is 12.0 Å². The summed E-state index contributed by atoms with van der Waals surface area (Å²) in [7, 11) is 0. The number of aryl methyl sites for hydroxylation is 1. The van der Waals surface area contributed by atoms with Gasteiger partial charge >= 0.3 is 0 Å². The summed E-state index contributed by atoms with van der Waals surface area (Å²) in [6.07, 6.45) is 0. The fourth-order valence-corrected chi connectivity index (χ4v) is 1.21. The van der Waals surface area contributed by atoms with E-state index in [1.165, 1.54) is 11.1 Å². The average Bonchev–Trinajstić information content (AvgIpc) is 2.08. The molecule has 1 nitrogen and oxygen atoms in total. The molecular formula is C12H20ClN. The largest absolute Gasteiger partial charge is 0.312 e. The average molecular weight is 214 g/mol. The zero-order chi connectivity index (χ0) is 9.68. The summed E-state index contributed by atoms with van der Waals surface area (Å²) in [5, 5.41) is 3.42. The number of halogens is 1. The molecule has 0 spiro atoms. The van der Waals surface area contributed by atoms with Crippen molar-refractivity contribution in [1.82, 2.24) is 5.32 Å². The monoisotopic (exact) mass is 213 g/mol. The van der Waals surface area contributed by atoms with Crippen LogP contribution >= 0.6 is 12.4 Å². The van der Waals surface area contributed by atoms with E-state index < -0.39 is 0 Å². The second-order valence-electron chi connectivity index (χ2n) is 4.01. The lowest BCUT2D eigenvalue weighted by atomic mass is 10.1. The lowest BCUT2D eigenvalue weighted by Crippen LogP contribution is -2.18. The fraction of sp³-hybridized carbons (Fsp3) is 0.500. The van der Waals surface area contributed by atoms with Crippen LogP contribution in [0.2, 0.25) is 0 Å². The van der Waals surface area contributed by atoms with Crippen molar-refractivity contribution in [2.24, 2.45) is 5.92 Å². The van der Waals surface area contributed by atoms with E-state index in [-0.39, 0.29) is 12.4 Å². The van der Waals surface area contributed by atoms with Crippen molar-refractivity contribution in [3.63, 3.8) is 0 Å². The first-order valence-corrected chi connectivity index (χ1v) is 4.94. The van der Waals surface area contributed by atoms with Gasteiger partial charge in [0.2, 0.25) is 0 Å². The highest BCUT2D eigenvalue weighted by Gasteiger charge is 1.94. The molecule has 0 radical (unpaired) electrons. The number of hydrogen-bond acceptors (Lipinski definition) is 1. The first kappa shape index (κ1) is 13.5. The fourth-order valence-electron chi connectivity index (χ4n) is 1.21. The lowest BCUT2D eigenvalue weighted by molar-refractivity contribution is 0.552.